The van der Waals surface area contributed by atoms with Crippen LogP contribution in [0, 0.1) is 19.8 Å². The molecule has 1 aromatic carbocycles. The van der Waals surface area contributed by atoms with Gasteiger partial charge in [0.1, 0.15) is 0 Å². The van der Waals surface area contributed by atoms with E-state index in [1.807, 2.05) is 0 Å². The molecule has 2 heteroatoms. The Hall–Kier alpha value is -0.860. The molecule has 0 radical (unpaired) electrons. The van der Waals surface area contributed by atoms with Crippen LogP contribution in [0.5, 0.6) is 0 Å². The number of hydrogen-bond acceptors (Lipinski definition) is 2. The van der Waals surface area contributed by atoms with Gasteiger partial charge in [0.25, 0.3) is 0 Å². The quantitative estimate of drug-likeness (QED) is 0.905. The molecule has 3 unspecified atom stereocenters. The van der Waals surface area contributed by atoms with Gasteiger partial charge in [0, 0.05) is 18.6 Å². The number of nitrogens with one attached hydrogen (secondary N) is 1. The van der Waals surface area contributed by atoms with Crippen molar-refractivity contribution in [2.24, 2.45) is 5.92 Å². The zero-order chi connectivity index (χ0) is 14.8. The van der Waals surface area contributed by atoms with Crippen LogP contribution in [0.1, 0.15) is 54.8 Å². The number of piperidine rings is 1. The van der Waals surface area contributed by atoms with E-state index in [0.717, 1.165) is 12.0 Å². The Kier molecular flexibility index (Phi) is 4.66. The first-order valence-electron chi connectivity index (χ1n) is 8.67. The molecule has 0 bridgehead atoms. The lowest BCUT2D eigenvalue weighted by atomic mass is 9.90. The standard InChI is InChI=1S/C19H30N2/c1-14-9-10-15(2)17(12-14)18(20-3)13-21-11-5-7-16-6-4-8-19(16)21/h9-10,12,16,18-20H,4-8,11,13H2,1-3H3. The van der Waals surface area contributed by atoms with Crippen LogP contribution in [0.15, 0.2) is 18.2 Å². The molecule has 0 amide bonds. The summed E-state index contributed by atoms with van der Waals surface area (Å²) in [4.78, 5) is 2.78. The minimum Gasteiger partial charge on any atom is -0.312 e. The molecule has 1 aliphatic carbocycles. The number of rotatable bonds is 4. The first-order valence-corrected chi connectivity index (χ1v) is 8.67. The van der Waals surface area contributed by atoms with Crippen molar-refractivity contribution < 1.29 is 0 Å². The van der Waals surface area contributed by atoms with E-state index in [1.54, 1.807) is 0 Å². The molecule has 2 nitrogen and oxygen atoms in total. The number of benzene rings is 1. The first kappa shape index (κ1) is 15.1. The maximum absolute atomic E-state index is 3.57. The molecule has 3 atom stereocenters. The molecule has 1 saturated carbocycles. The predicted molar refractivity (Wildman–Crippen MR) is 89.7 cm³/mol. The summed E-state index contributed by atoms with van der Waals surface area (Å²) >= 11 is 0. The fourth-order valence-electron chi connectivity index (χ4n) is 4.50. The van der Waals surface area contributed by atoms with E-state index in [-0.39, 0.29) is 0 Å². The van der Waals surface area contributed by atoms with Crippen LogP contribution in [-0.4, -0.2) is 31.1 Å². The average Bonchev–Trinajstić information content (AvgIpc) is 2.97. The minimum absolute atomic E-state index is 0.462. The molecule has 0 spiro atoms. The highest BCUT2D eigenvalue weighted by Gasteiger charge is 2.35. The van der Waals surface area contributed by atoms with Gasteiger partial charge in [-0.1, -0.05) is 30.2 Å². The molecule has 1 aromatic rings. The van der Waals surface area contributed by atoms with Crippen molar-refractivity contribution in [1.82, 2.24) is 10.2 Å². The second-order valence-electron chi connectivity index (χ2n) is 7.10. The van der Waals surface area contributed by atoms with E-state index in [4.69, 9.17) is 0 Å². The second kappa shape index (κ2) is 6.50. The monoisotopic (exact) mass is 286 g/mol. The number of aryl methyl sites for hydroxylation is 2. The van der Waals surface area contributed by atoms with E-state index < -0.39 is 0 Å². The summed E-state index contributed by atoms with van der Waals surface area (Å²) in [6.45, 7) is 6.91. The Morgan fingerprint density at radius 3 is 2.81 bits per heavy atom. The normalized spacial score (nSPS) is 27.6. The van der Waals surface area contributed by atoms with Crippen molar-refractivity contribution in [3.05, 3.63) is 34.9 Å². The van der Waals surface area contributed by atoms with Crippen LogP contribution in [-0.2, 0) is 0 Å². The van der Waals surface area contributed by atoms with Gasteiger partial charge in [-0.05, 0) is 70.2 Å². The third-order valence-corrected chi connectivity index (χ3v) is 5.68. The summed E-state index contributed by atoms with van der Waals surface area (Å²) in [7, 11) is 2.11. The fourth-order valence-corrected chi connectivity index (χ4v) is 4.50. The minimum atomic E-state index is 0.462. The third-order valence-electron chi connectivity index (χ3n) is 5.68. The lowest BCUT2D eigenvalue weighted by Crippen LogP contribution is -2.46. The summed E-state index contributed by atoms with van der Waals surface area (Å²) < 4.78 is 0. The van der Waals surface area contributed by atoms with Gasteiger partial charge >= 0.3 is 0 Å². The summed E-state index contributed by atoms with van der Waals surface area (Å²) in [6, 6.07) is 8.18. The van der Waals surface area contributed by atoms with Crippen molar-refractivity contribution in [2.45, 2.75) is 58.0 Å². The Labute approximate surface area is 129 Å². The molecule has 116 valence electrons. The molecule has 0 aromatic heterocycles. The van der Waals surface area contributed by atoms with Gasteiger partial charge in [0.05, 0.1) is 0 Å². The largest absolute Gasteiger partial charge is 0.312 e. The lowest BCUT2D eigenvalue weighted by Gasteiger charge is -2.40. The number of likely N-dealkylation sites (tertiary alicyclic amines) is 1. The molecule has 3 rings (SSSR count). The van der Waals surface area contributed by atoms with Crippen LogP contribution in [0.4, 0.5) is 0 Å². The van der Waals surface area contributed by atoms with Crippen LogP contribution < -0.4 is 5.32 Å². The maximum Gasteiger partial charge on any atom is 0.0449 e. The Bertz CT molecular complexity index is 482. The topological polar surface area (TPSA) is 15.3 Å². The van der Waals surface area contributed by atoms with Gasteiger partial charge in [0.15, 0.2) is 0 Å². The number of likely N-dealkylation sites (N-methyl/N-ethyl adjacent to an activating group) is 1. The highest BCUT2D eigenvalue weighted by Crippen LogP contribution is 2.37. The highest BCUT2D eigenvalue weighted by atomic mass is 15.2. The summed E-state index contributed by atoms with van der Waals surface area (Å²) in [5.41, 5.74) is 4.27. The SMILES string of the molecule is CNC(CN1CCCC2CCCC21)c1cc(C)ccc1C. The smallest absolute Gasteiger partial charge is 0.0449 e. The Morgan fingerprint density at radius 1 is 1.19 bits per heavy atom. The van der Waals surface area contributed by atoms with Crippen molar-refractivity contribution in [3.8, 4) is 0 Å². The molecular formula is C19H30N2. The maximum atomic E-state index is 3.57. The highest BCUT2D eigenvalue weighted by molar-refractivity contribution is 5.33. The number of nitrogens with zero attached hydrogens (tertiary/aromatic N) is 1. The summed E-state index contributed by atoms with van der Waals surface area (Å²) in [5.74, 6) is 0.981. The van der Waals surface area contributed by atoms with Crippen molar-refractivity contribution >= 4 is 0 Å². The number of hydrogen-bond donors (Lipinski definition) is 1. The van der Waals surface area contributed by atoms with Crippen LogP contribution in [0.3, 0.4) is 0 Å². The lowest BCUT2D eigenvalue weighted by molar-refractivity contribution is 0.102. The predicted octanol–water partition coefficient (Wildman–Crippen LogP) is 3.83. The van der Waals surface area contributed by atoms with Gasteiger partial charge in [-0.2, -0.15) is 0 Å². The van der Waals surface area contributed by atoms with Gasteiger partial charge in [-0.3, -0.25) is 4.90 Å². The van der Waals surface area contributed by atoms with E-state index in [9.17, 15) is 0 Å². The molecule has 1 aliphatic heterocycles. The molecule has 2 aliphatic rings. The van der Waals surface area contributed by atoms with E-state index in [1.165, 1.54) is 61.9 Å². The zero-order valence-corrected chi connectivity index (χ0v) is 13.9. The summed E-state index contributed by atoms with van der Waals surface area (Å²) in [5, 5.41) is 3.57. The molecule has 21 heavy (non-hydrogen) atoms. The van der Waals surface area contributed by atoms with Crippen molar-refractivity contribution in [1.29, 1.82) is 0 Å². The molecule has 1 N–H and O–H groups in total. The van der Waals surface area contributed by atoms with Gasteiger partial charge < -0.3 is 5.32 Å². The Morgan fingerprint density at radius 2 is 2.00 bits per heavy atom. The van der Waals surface area contributed by atoms with Gasteiger partial charge in [-0.25, -0.2) is 0 Å². The van der Waals surface area contributed by atoms with E-state index >= 15 is 0 Å². The number of fused-ring (bicyclic) bond motifs is 1. The molecular weight excluding hydrogens is 256 g/mol. The van der Waals surface area contributed by atoms with Gasteiger partial charge in [-0.15, -0.1) is 0 Å². The van der Waals surface area contributed by atoms with E-state index in [2.05, 4.69) is 49.3 Å². The van der Waals surface area contributed by atoms with Crippen LogP contribution >= 0.6 is 0 Å². The van der Waals surface area contributed by atoms with E-state index in [0.29, 0.717) is 6.04 Å². The zero-order valence-electron chi connectivity index (χ0n) is 13.9. The molecule has 2 fully saturated rings. The summed E-state index contributed by atoms with van der Waals surface area (Å²) in [6.07, 6.45) is 7.20. The van der Waals surface area contributed by atoms with Crippen molar-refractivity contribution in [3.63, 3.8) is 0 Å². The first-order chi connectivity index (χ1) is 10.2. The molecule has 1 heterocycles. The van der Waals surface area contributed by atoms with Crippen LogP contribution in [0.25, 0.3) is 0 Å². The third kappa shape index (κ3) is 3.17. The fraction of sp³-hybridized carbons (Fsp3) is 0.684. The van der Waals surface area contributed by atoms with Crippen molar-refractivity contribution in [2.75, 3.05) is 20.1 Å². The average molecular weight is 286 g/mol. The van der Waals surface area contributed by atoms with Gasteiger partial charge in [0.2, 0.25) is 0 Å². The second-order valence-corrected chi connectivity index (χ2v) is 7.10. The Balaban J connectivity index is 1.76. The van der Waals surface area contributed by atoms with Crippen LogP contribution in [0.2, 0.25) is 0 Å². The molecule has 1 saturated heterocycles.